The molecule has 0 unspecified atom stereocenters. The van der Waals surface area contributed by atoms with Crippen LogP contribution < -0.4 is 4.90 Å². The maximum atomic E-state index is 12.7. The van der Waals surface area contributed by atoms with Gasteiger partial charge in [-0.1, -0.05) is 0 Å². The van der Waals surface area contributed by atoms with E-state index in [9.17, 15) is 18.0 Å². The van der Waals surface area contributed by atoms with Gasteiger partial charge in [0.15, 0.2) is 0 Å². The molecule has 0 amide bonds. The fraction of sp³-hybridized carbons (Fsp3) is 0.455. The van der Waals surface area contributed by atoms with Gasteiger partial charge >= 0.3 is 12.1 Å². The predicted octanol–water partition coefficient (Wildman–Crippen LogP) is 2.10. The first kappa shape index (κ1) is 14.3. The van der Waals surface area contributed by atoms with Crippen LogP contribution in [0.1, 0.15) is 12.0 Å². The van der Waals surface area contributed by atoms with Gasteiger partial charge in [-0.05, 0) is 12.1 Å². The van der Waals surface area contributed by atoms with Gasteiger partial charge in [0.1, 0.15) is 5.82 Å². The molecule has 1 aromatic rings. The number of alkyl halides is 3. The largest absolute Gasteiger partial charge is 0.469 e. The summed E-state index contributed by atoms with van der Waals surface area (Å²) >= 11 is 0. The molecular formula is C11H13F3N2O2. The molecule has 0 fully saturated rings. The van der Waals surface area contributed by atoms with Gasteiger partial charge in [0.2, 0.25) is 0 Å². The summed E-state index contributed by atoms with van der Waals surface area (Å²) in [7, 11) is 2.67. The van der Waals surface area contributed by atoms with Crippen LogP contribution in [0.15, 0.2) is 18.3 Å². The second-order valence-corrected chi connectivity index (χ2v) is 3.62. The van der Waals surface area contributed by atoms with E-state index >= 15 is 0 Å². The number of esters is 1. The lowest BCUT2D eigenvalue weighted by Crippen LogP contribution is -2.25. The number of aromatic nitrogens is 1. The number of nitrogens with zero attached hydrogens (tertiary/aromatic N) is 2. The van der Waals surface area contributed by atoms with Crippen molar-refractivity contribution in [3.8, 4) is 0 Å². The summed E-state index contributed by atoms with van der Waals surface area (Å²) < 4.78 is 42.6. The van der Waals surface area contributed by atoms with Gasteiger partial charge in [0, 0.05) is 19.8 Å². The lowest BCUT2D eigenvalue weighted by Gasteiger charge is -2.21. The zero-order chi connectivity index (χ0) is 13.8. The van der Waals surface area contributed by atoms with E-state index in [4.69, 9.17) is 0 Å². The van der Waals surface area contributed by atoms with Crippen molar-refractivity contribution < 1.29 is 22.7 Å². The minimum Gasteiger partial charge on any atom is -0.469 e. The summed E-state index contributed by atoms with van der Waals surface area (Å²) in [5.41, 5.74) is -0.822. The topological polar surface area (TPSA) is 42.4 Å². The first-order chi connectivity index (χ1) is 8.36. The lowest BCUT2D eigenvalue weighted by molar-refractivity contribution is -0.140. The number of ether oxygens (including phenoxy) is 1. The van der Waals surface area contributed by atoms with E-state index < -0.39 is 17.7 Å². The van der Waals surface area contributed by atoms with Crippen molar-refractivity contribution in [3.63, 3.8) is 0 Å². The van der Waals surface area contributed by atoms with Gasteiger partial charge in [-0.3, -0.25) is 4.79 Å². The van der Waals surface area contributed by atoms with Crippen molar-refractivity contribution in [1.82, 2.24) is 4.98 Å². The number of anilines is 1. The molecule has 0 saturated carbocycles. The first-order valence-corrected chi connectivity index (χ1v) is 5.16. The lowest BCUT2D eigenvalue weighted by atomic mass is 10.2. The quantitative estimate of drug-likeness (QED) is 0.779. The van der Waals surface area contributed by atoms with Gasteiger partial charge in [-0.2, -0.15) is 13.2 Å². The third-order valence-corrected chi connectivity index (χ3v) is 2.33. The third-order valence-electron chi connectivity index (χ3n) is 2.33. The van der Waals surface area contributed by atoms with Crippen molar-refractivity contribution in [2.24, 2.45) is 0 Å². The molecule has 1 heterocycles. The van der Waals surface area contributed by atoms with Crippen LogP contribution in [0.5, 0.6) is 0 Å². The zero-order valence-electron chi connectivity index (χ0n) is 9.99. The second-order valence-electron chi connectivity index (χ2n) is 3.62. The van der Waals surface area contributed by atoms with Gasteiger partial charge in [-0.15, -0.1) is 0 Å². The van der Waals surface area contributed by atoms with Crippen molar-refractivity contribution in [1.29, 1.82) is 0 Å². The van der Waals surface area contributed by atoms with E-state index in [1.54, 1.807) is 0 Å². The number of hydrogen-bond donors (Lipinski definition) is 0. The molecule has 0 aliphatic rings. The van der Waals surface area contributed by atoms with E-state index in [2.05, 4.69) is 9.72 Å². The normalized spacial score (nSPS) is 11.2. The molecule has 0 saturated heterocycles. The van der Waals surface area contributed by atoms with Gasteiger partial charge in [0.05, 0.1) is 19.1 Å². The van der Waals surface area contributed by atoms with Crippen molar-refractivity contribution in [2.45, 2.75) is 12.6 Å². The van der Waals surface area contributed by atoms with Crippen LogP contribution in [0.25, 0.3) is 0 Å². The fourth-order valence-electron chi connectivity index (χ4n) is 1.39. The number of hydrogen-bond acceptors (Lipinski definition) is 4. The highest BCUT2D eigenvalue weighted by molar-refractivity contribution is 5.70. The average molecular weight is 262 g/mol. The monoisotopic (exact) mass is 262 g/mol. The Bertz CT molecular complexity index is 421. The first-order valence-electron chi connectivity index (χ1n) is 5.16. The molecule has 0 spiro atoms. The average Bonchev–Trinajstić information content (AvgIpc) is 2.34. The maximum absolute atomic E-state index is 12.7. The molecule has 0 aliphatic carbocycles. The minimum atomic E-state index is -4.47. The van der Waals surface area contributed by atoms with E-state index in [-0.39, 0.29) is 18.8 Å². The zero-order valence-corrected chi connectivity index (χ0v) is 9.99. The summed E-state index contributed by atoms with van der Waals surface area (Å²) in [6.45, 7) is 0.104. The van der Waals surface area contributed by atoms with Gasteiger partial charge < -0.3 is 9.64 Å². The molecule has 0 aromatic carbocycles. The van der Waals surface area contributed by atoms with Crippen LogP contribution in [0.3, 0.4) is 0 Å². The van der Waals surface area contributed by atoms with Crippen molar-refractivity contribution in [2.75, 3.05) is 25.6 Å². The molecule has 0 radical (unpaired) electrons. The Kier molecular flexibility index (Phi) is 4.52. The number of pyridine rings is 1. The molecule has 4 nitrogen and oxygen atoms in total. The summed E-state index contributed by atoms with van der Waals surface area (Å²) in [6.07, 6.45) is -3.19. The van der Waals surface area contributed by atoms with Crippen molar-refractivity contribution in [3.05, 3.63) is 23.9 Å². The Balaban J connectivity index is 2.86. The molecular weight excluding hydrogens is 249 g/mol. The summed E-state index contributed by atoms with van der Waals surface area (Å²) in [4.78, 5) is 15.9. The molecule has 100 valence electrons. The van der Waals surface area contributed by atoms with E-state index in [1.165, 1.54) is 31.3 Å². The van der Waals surface area contributed by atoms with Gasteiger partial charge in [0.25, 0.3) is 0 Å². The van der Waals surface area contributed by atoms with Crippen LogP contribution >= 0.6 is 0 Å². The summed E-state index contributed by atoms with van der Waals surface area (Å²) in [5, 5.41) is 0. The molecule has 7 heteroatoms. The third kappa shape index (κ3) is 3.61. The number of carbonyl (C=O) groups is 1. The van der Waals surface area contributed by atoms with E-state index in [0.717, 1.165) is 6.07 Å². The highest BCUT2D eigenvalue weighted by atomic mass is 19.4. The number of rotatable bonds is 4. The van der Waals surface area contributed by atoms with E-state index in [0.29, 0.717) is 0 Å². The minimum absolute atomic E-state index is 0.000865. The fourth-order valence-corrected chi connectivity index (χ4v) is 1.39. The highest BCUT2D eigenvalue weighted by Crippen LogP contribution is 2.34. The maximum Gasteiger partial charge on any atom is 0.419 e. The predicted molar refractivity (Wildman–Crippen MR) is 59.1 cm³/mol. The Morgan fingerprint density at radius 2 is 2.17 bits per heavy atom. The number of halogens is 3. The molecule has 1 rings (SSSR count). The number of methoxy groups -OCH3 is 1. The molecule has 0 N–H and O–H groups in total. The summed E-state index contributed by atoms with van der Waals surface area (Å²) in [5.74, 6) is -0.680. The van der Waals surface area contributed by atoms with Crippen LogP contribution in [-0.2, 0) is 15.7 Å². The van der Waals surface area contributed by atoms with Crippen LogP contribution in [0, 0.1) is 0 Å². The molecule has 1 aromatic heterocycles. The Morgan fingerprint density at radius 3 is 2.72 bits per heavy atom. The van der Waals surface area contributed by atoms with Gasteiger partial charge in [-0.25, -0.2) is 4.98 Å². The number of carbonyl (C=O) groups excluding carboxylic acids is 1. The van der Waals surface area contributed by atoms with Crippen LogP contribution in [0.2, 0.25) is 0 Å². The van der Waals surface area contributed by atoms with Crippen LogP contribution in [0.4, 0.5) is 19.0 Å². The Morgan fingerprint density at radius 1 is 1.50 bits per heavy atom. The SMILES string of the molecule is COC(=O)CCN(C)c1ncccc1C(F)(F)F. The molecule has 18 heavy (non-hydrogen) atoms. The molecule has 0 bridgehead atoms. The smallest absolute Gasteiger partial charge is 0.419 e. The molecule has 0 aliphatic heterocycles. The Labute approximate surface area is 102 Å². The standard InChI is InChI=1S/C11H13F3N2O2/c1-16(7-5-9(17)18-2)10-8(11(12,13)14)4-3-6-15-10/h3-4,6H,5,7H2,1-2H3. The summed E-state index contributed by atoms with van der Waals surface area (Å²) in [6, 6.07) is 2.18. The van der Waals surface area contributed by atoms with E-state index in [1.807, 2.05) is 0 Å². The Hall–Kier alpha value is -1.79. The second kappa shape index (κ2) is 5.70. The van der Waals surface area contributed by atoms with Crippen LogP contribution in [-0.4, -0.2) is 31.7 Å². The van der Waals surface area contributed by atoms with Crippen molar-refractivity contribution >= 4 is 11.8 Å². The molecule has 0 atom stereocenters. The highest BCUT2D eigenvalue weighted by Gasteiger charge is 2.35.